The summed E-state index contributed by atoms with van der Waals surface area (Å²) in [7, 11) is 0. The summed E-state index contributed by atoms with van der Waals surface area (Å²) in [5.74, 6) is -0.420. The van der Waals surface area contributed by atoms with Gasteiger partial charge in [-0.3, -0.25) is 0 Å². The van der Waals surface area contributed by atoms with E-state index < -0.39 is 5.82 Å². The van der Waals surface area contributed by atoms with Crippen molar-refractivity contribution in [2.45, 2.75) is 25.8 Å². The van der Waals surface area contributed by atoms with Crippen LogP contribution >= 0.6 is 0 Å². The van der Waals surface area contributed by atoms with Gasteiger partial charge in [-0.05, 0) is 38.0 Å². The number of halogens is 1. The molecule has 3 nitrogen and oxygen atoms in total. The minimum absolute atomic E-state index is 0.139. The number of hydrogen-bond donors (Lipinski definition) is 2. The number of rotatable bonds is 5. The average Bonchev–Trinajstić information content (AvgIpc) is 2.25. The molecule has 0 fully saturated rings. The predicted octanol–water partition coefficient (Wildman–Crippen LogP) is 2.27. The summed E-state index contributed by atoms with van der Waals surface area (Å²) in [6.45, 7) is 2.10. The maximum atomic E-state index is 13.1. The number of nitrogens with one attached hydrogen (secondary N) is 1. The molecule has 1 rings (SSSR count). The van der Waals surface area contributed by atoms with E-state index in [9.17, 15) is 4.39 Å². The maximum absolute atomic E-state index is 13.1. The van der Waals surface area contributed by atoms with Gasteiger partial charge < -0.3 is 10.4 Å². The third-order valence-electron chi connectivity index (χ3n) is 2.24. The second kappa shape index (κ2) is 6.09. The Morgan fingerprint density at radius 1 is 1.50 bits per heavy atom. The van der Waals surface area contributed by atoms with Gasteiger partial charge in [-0.2, -0.15) is 5.26 Å². The molecule has 0 saturated carbocycles. The van der Waals surface area contributed by atoms with Crippen molar-refractivity contribution in [2.24, 2.45) is 0 Å². The van der Waals surface area contributed by atoms with Crippen LogP contribution in [0.15, 0.2) is 18.2 Å². The van der Waals surface area contributed by atoms with Gasteiger partial charge in [0.05, 0.1) is 11.6 Å². The van der Waals surface area contributed by atoms with Gasteiger partial charge >= 0.3 is 0 Å². The lowest BCUT2D eigenvalue weighted by molar-refractivity contribution is 0.282. The molecule has 0 aliphatic carbocycles. The lowest BCUT2D eigenvalue weighted by atomic mass is 10.1. The van der Waals surface area contributed by atoms with Gasteiger partial charge in [-0.15, -0.1) is 0 Å². The summed E-state index contributed by atoms with van der Waals surface area (Å²) in [6, 6.07) is 6.21. The van der Waals surface area contributed by atoms with Crippen molar-refractivity contribution in [1.29, 1.82) is 5.26 Å². The van der Waals surface area contributed by atoms with Crippen LogP contribution in [0.25, 0.3) is 0 Å². The standard InChI is InChI=1S/C12H15FN2O/c1-9(3-2-4-16)15-12-6-10(8-14)5-11(13)7-12/h5-7,9,15-16H,2-4H2,1H3. The van der Waals surface area contributed by atoms with Crippen LogP contribution in [0.2, 0.25) is 0 Å². The van der Waals surface area contributed by atoms with Crippen LogP contribution in [0.1, 0.15) is 25.3 Å². The molecule has 1 aromatic carbocycles. The van der Waals surface area contributed by atoms with Crippen molar-refractivity contribution in [3.05, 3.63) is 29.6 Å². The van der Waals surface area contributed by atoms with E-state index in [1.165, 1.54) is 12.1 Å². The Morgan fingerprint density at radius 3 is 2.88 bits per heavy atom. The lowest BCUT2D eigenvalue weighted by Gasteiger charge is -2.14. The van der Waals surface area contributed by atoms with Crippen molar-refractivity contribution in [3.63, 3.8) is 0 Å². The molecule has 4 heteroatoms. The fourth-order valence-corrected chi connectivity index (χ4v) is 1.49. The number of aliphatic hydroxyl groups excluding tert-OH is 1. The first kappa shape index (κ1) is 12.5. The summed E-state index contributed by atoms with van der Waals surface area (Å²) in [5.41, 5.74) is 0.902. The zero-order valence-electron chi connectivity index (χ0n) is 9.20. The predicted molar refractivity (Wildman–Crippen MR) is 60.5 cm³/mol. The van der Waals surface area contributed by atoms with Crippen molar-refractivity contribution in [3.8, 4) is 6.07 Å². The molecule has 0 radical (unpaired) electrons. The van der Waals surface area contributed by atoms with Gasteiger partial charge in [-0.1, -0.05) is 0 Å². The van der Waals surface area contributed by atoms with Crippen LogP contribution in [-0.2, 0) is 0 Å². The molecule has 1 atom stereocenters. The molecular formula is C12H15FN2O. The molecule has 2 N–H and O–H groups in total. The van der Waals surface area contributed by atoms with E-state index >= 15 is 0 Å². The van der Waals surface area contributed by atoms with Crippen LogP contribution < -0.4 is 5.32 Å². The number of nitriles is 1. The van der Waals surface area contributed by atoms with Gasteiger partial charge in [0.25, 0.3) is 0 Å². The van der Waals surface area contributed by atoms with E-state index in [0.717, 1.165) is 6.42 Å². The topological polar surface area (TPSA) is 56.0 Å². The molecule has 1 aromatic rings. The van der Waals surface area contributed by atoms with E-state index in [2.05, 4.69) is 5.32 Å². The summed E-state index contributed by atoms with van der Waals surface area (Å²) in [5, 5.41) is 20.5. The highest BCUT2D eigenvalue weighted by Gasteiger charge is 2.04. The molecule has 1 unspecified atom stereocenters. The van der Waals surface area contributed by atoms with E-state index in [0.29, 0.717) is 17.7 Å². The van der Waals surface area contributed by atoms with Crippen LogP contribution in [0.4, 0.5) is 10.1 Å². The first-order valence-electron chi connectivity index (χ1n) is 5.24. The Kier molecular flexibility index (Phi) is 4.74. The zero-order valence-corrected chi connectivity index (χ0v) is 9.20. The number of aliphatic hydroxyl groups is 1. The normalized spacial score (nSPS) is 11.9. The highest BCUT2D eigenvalue weighted by Crippen LogP contribution is 2.15. The summed E-state index contributed by atoms with van der Waals surface area (Å²) < 4.78 is 13.1. The van der Waals surface area contributed by atoms with Gasteiger partial charge in [0.15, 0.2) is 0 Å². The third-order valence-corrected chi connectivity index (χ3v) is 2.24. The first-order chi connectivity index (χ1) is 7.65. The minimum atomic E-state index is -0.420. The molecule has 0 saturated heterocycles. The van der Waals surface area contributed by atoms with Crippen LogP contribution in [0.5, 0.6) is 0 Å². The van der Waals surface area contributed by atoms with E-state index in [4.69, 9.17) is 10.4 Å². The summed E-state index contributed by atoms with van der Waals surface area (Å²) in [4.78, 5) is 0. The number of anilines is 1. The van der Waals surface area contributed by atoms with Gasteiger partial charge in [0.1, 0.15) is 5.82 Å². The van der Waals surface area contributed by atoms with Crippen LogP contribution in [0, 0.1) is 17.1 Å². The largest absolute Gasteiger partial charge is 0.396 e. The Balaban J connectivity index is 2.66. The molecule has 86 valence electrons. The molecule has 0 aliphatic rings. The molecule has 16 heavy (non-hydrogen) atoms. The smallest absolute Gasteiger partial charge is 0.126 e. The number of nitrogens with zero attached hydrogens (tertiary/aromatic N) is 1. The van der Waals surface area contributed by atoms with E-state index in [1.54, 1.807) is 6.07 Å². The fraction of sp³-hybridized carbons (Fsp3) is 0.417. The molecule has 0 spiro atoms. The molecule has 0 bridgehead atoms. The van der Waals surface area contributed by atoms with Crippen molar-refractivity contribution >= 4 is 5.69 Å². The average molecular weight is 222 g/mol. The Bertz CT molecular complexity index is 387. The van der Waals surface area contributed by atoms with Gasteiger partial charge in [-0.25, -0.2) is 4.39 Å². The first-order valence-corrected chi connectivity index (χ1v) is 5.24. The molecule has 0 heterocycles. The Morgan fingerprint density at radius 2 is 2.25 bits per heavy atom. The highest BCUT2D eigenvalue weighted by molar-refractivity contribution is 5.50. The monoisotopic (exact) mass is 222 g/mol. The van der Waals surface area contributed by atoms with E-state index in [-0.39, 0.29) is 12.6 Å². The summed E-state index contributed by atoms with van der Waals surface area (Å²) >= 11 is 0. The fourth-order valence-electron chi connectivity index (χ4n) is 1.49. The lowest BCUT2D eigenvalue weighted by Crippen LogP contribution is -2.15. The quantitative estimate of drug-likeness (QED) is 0.803. The van der Waals surface area contributed by atoms with E-state index in [1.807, 2.05) is 13.0 Å². The maximum Gasteiger partial charge on any atom is 0.126 e. The summed E-state index contributed by atoms with van der Waals surface area (Å²) in [6.07, 6.45) is 1.50. The van der Waals surface area contributed by atoms with Crippen molar-refractivity contribution in [1.82, 2.24) is 0 Å². The minimum Gasteiger partial charge on any atom is -0.396 e. The Labute approximate surface area is 94.5 Å². The van der Waals surface area contributed by atoms with Crippen molar-refractivity contribution < 1.29 is 9.50 Å². The third kappa shape index (κ3) is 3.87. The zero-order chi connectivity index (χ0) is 12.0. The molecule has 0 aromatic heterocycles. The van der Waals surface area contributed by atoms with Gasteiger partial charge in [0, 0.05) is 18.3 Å². The highest BCUT2D eigenvalue weighted by atomic mass is 19.1. The second-order valence-corrected chi connectivity index (χ2v) is 3.75. The van der Waals surface area contributed by atoms with Crippen LogP contribution in [0.3, 0.4) is 0 Å². The number of benzene rings is 1. The SMILES string of the molecule is CC(CCCO)Nc1cc(F)cc(C#N)c1. The molecule has 0 aliphatic heterocycles. The number of hydrogen-bond acceptors (Lipinski definition) is 3. The van der Waals surface area contributed by atoms with Crippen molar-refractivity contribution in [2.75, 3.05) is 11.9 Å². The molecule has 0 amide bonds. The molecular weight excluding hydrogens is 207 g/mol. The Hall–Kier alpha value is -1.60. The van der Waals surface area contributed by atoms with Gasteiger partial charge in [0.2, 0.25) is 0 Å². The van der Waals surface area contributed by atoms with Crippen LogP contribution in [-0.4, -0.2) is 17.8 Å². The second-order valence-electron chi connectivity index (χ2n) is 3.75.